The summed E-state index contributed by atoms with van der Waals surface area (Å²) in [5.74, 6) is 1.39. The van der Waals surface area contributed by atoms with Crippen LogP contribution in [0.15, 0.2) is 6.20 Å². The zero-order valence-corrected chi connectivity index (χ0v) is 13.4. The number of nitrogens with zero attached hydrogens (tertiary/aromatic N) is 5. The molecule has 0 spiro atoms. The third kappa shape index (κ3) is 3.36. The number of rotatable bonds is 6. The number of aliphatic hydroxyl groups excluding tert-OH is 2. The Morgan fingerprint density at radius 2 is 2.00 bits per heavy atom. The van der Waals surface area contributed by atoms with Crippen molar-refractivity contribution in [3.05, 3.63) is 6.20 Å². The molecule has 1 fully saturated rings. The van der Waals surface area contributed by atoms with E-state index in [0.29, 0.717) is 18.3 Å². The highest BCUT2D eigenvalue weighted by Gasteiger charge is 2.23. The van der Waals surface area contributed by atoms with E-state index in [1.165, 1.54) is 4.90 Å². The summed E-state index contributed by atoms with van der Waals surface area (Å²) < 4.78 is 1.73. The number of aryl methyl sites for hydroxylation is 1. The normalized spacial score (nSPS) is 16.2. The highest BCUT2D eigenvalue weighted by Crippen LogP contribution is 2.22. The number of anilines is 2. The van der Waals surface area contributed by atoms with Crippen LogP contribution in [0.4, 0.5) is 11.8 Å². The Hall–Kier alpha value is -1.97. The monoisotopic (exact) mass is 322 g/mol. The van der Waals surface area contributed by atoms with Crippen molar-refractivity contribution in [1.29, 1.82) is 0 Å². The minimum absolute atomic E-state index is 0.0459. The van der Waals surface area contributed by atoms with Crippen molar-refractivity contribution in [3.8, 4) is 0 Å². The number of piperazine rings is 1. The lowest BCUT2D eigenvalue weighted by atomic mass is 10.3. The van der Waals surface area contributed by atoms with Crippen molar-refractivity contribution >= 4 is 22.8 Å². The van der Waals surface area contributed by atoms with Gasteiger partial charge in [-0.2, -0.15) is 15.1 Å². The van der Waals surface area contributed by atoms with Crippen LogP contribution >= 0.6 is 0 Å². The lowest BCUT2D eigenvalue weighted by Gasteiger charge is -2.32. The van der Waals surface area contributed by atoms with Crippen LogP contribution in [-0.4, -0.2) is 82.4 Å². The fourth-order valence-electron chi connectivity index (χ4n) is 2.89. The third-order valence-corrected chi connectivity index (χ3v) is 4.20. The van der Waals surface area contributed by atoms with Gasteiger partial charge >= 0.3 is 0 Å². The molecule has 1 saturated heterocycles. The quantitative estimate of drug-likeness (QED) is 0.465. The van der Waals surface area contributed by atoms with Gasteiger partial charge in [-0.05, 0) is 0 Å². The van der Waals surface area contributed by atoms with Crippen LogP contribution in [-0.2, 0) is 7.05 Å². The lowest BCUT2D eigenvalue weighted by molar-refractivity contribution is -0.900. The van der Waals surface area contributed by atoms with Gasteiger partial charge in [-0.3, -0.25) is 4.68 Å². The first-order valence-electron chi connectivity index (χ1n) is 7.96. The van der Waals surface area contributed by atoms with Crippen LogP contribution in [0.1, 0.15) is 0 Å². The number of quaternary nitrogens is 1. The number of fused-ring (bicyclic) bond motifs is 1. The second-order valence-electron chi connectivity index (χ2n) is 5.74. The second-order valence-corrected chi connectivity index (χ2v) is 5.74. The van der Waals surface area contributed by atoms with Crippen LogP contribution in [0, 0.1) is 0 Å². The Morgan fingerprint density at radius 1 is 1.22 bits per heavy atom. The highest BCUT2D eigenvalue weighted by atomic mass is 16.3. The van der Waals surface area contributed by atoms with E-state index in [9.17, 15) is 0 Å². The van der Waals surface area contributed by atoms with Crippen LogP contribution in [0.3, 0.4) is 0 Å². The molecule has 3 heterocycles. The standard InChI is InChI=1S/C14H23N7O2/c1-19-13-11(10-16-19)12(15-2-8-22)17-14(18-13)21-5-3-20(4-6-21)7-9-23/h10,22-23H,2-9H2,1H3,(H,15,17,18)/p+1. The van der Waals surface area contributed by atoms with Crippen molar-refractivity contribution in [2.75, 3.05) is 62.7 Å². The van der Waals surface area contributed by atoms with Gasteiger partial charge in [0.1, 0.15) is 12.4 Å². The summed E-state index contributed by atoms with van der Waals surface area (Å²) >= 11 is 0. The molecule has 0 atom stereocenters. The summed E-state index contributed by atoms with van der Waals surface area (Å²) in [6.45, 7) is 5.15. The van der Waals surface area contributed by atoms with Gasteiger partial charge in [0.25, 0.3) is 0 Å². The zero-order chi connectivity index (χ0) is 16.2. The zero-order valence-electron chi connectivity index (χ0n) is 13.4. The molecule has 0 amide bonds. The molecule has 1 aliphatic heterocycles. The molecule has 1 aliphatic rings. The maximum atomic E-state index is 9.05. The smallest absolute Gasteiger partial charge is 0.229 e. The number of aromatic nitrogens is 4. The van der Waals surface area contributed by atoms with Gasteiger partial charge in [-0.25, -0.2) is 0 Å². The summed E-state index contributed by atoms with van der Waals surface area (Å²) in [6.07, 6.45) is 1.74. The Kier molecular flexibility index (Phi) is 4.89. The maximum Gasteiger partial charge on any atom is 0.229 e. The lowest BCUT2D eigenvalue weighted by Crippen LogP contribution is -3.15. The van der Waals surface area contributed by atoms with Crippen molar-refractivity contribution in [2.24, 2.45) is 7.05 Å². The summed E-state index contributed by atoms with van der Waals surface area (Å²) in [7, 11) is 1.86. The molecular formula is C14H24N7O2+. The Morgan fingerprint density at radius 3 is 2.70 bits per heavy atom. The molecule has 2 aromatic rings. The number of hydrogen-bond acceptors (Lipinski definition) is 7. The van der Waals surface area contributed by atoms with Crippen LogP contribution in [0.5, 0.6) is 0 Å². The molecule has 0 saturated carbocycles. The summed E-state index contributed by atoms with van der Waals surface area (Å²) in [6, 6.07) is 0. The molecule has 0 radical (unpaired) electrons. The second kappa shape index (κ2) is 7.07. The average Bonchev–Trinajstić information content (AvgIpc) is 2.95. The molecule has 3 rings (SSSR count). The average molecular weight is 322 g/mol. The molecule has 0 aliphatic carbocycles. The van der Waals surface area contributed by atoms with Crippen LogP contribution in [0.2, 0.25) is 0 Å². The van der Waals surface area contributed by atoms with Crippen molar-refractivity contribution in [1.82, 2.24) is 19.7 Å². The van der Waals surface area contributed by atoms with E-state index in [1.54, 1.807) is 10.9 Å². The maximum absolute atomic E-state index is 9.05. The first kappa shape index (κ1) is 15.9. The SMILES string of the molecule is Cn1ncc2c(NCCO)nc(N3CC[NH+](CCO)CC3)nc21. The molecule has 0 bridgehead atoms. The Bertz CT molecular complexity index is 652. The highest BCUT2D eigenvalue weighted by molar-refractivity contribution is 5.87. The molecule has 9 heteroatoms. The van der Waals surface area contributed by atoms with Crippen molar-refractivity contribution in [2.45, 2.75) is 0 Å². The summed E-state index contributed by atoms with van der Waals surface area (Å²) in [5, 5.41) is 26.3. The predicted octanol–water partition coefficient (Wildman–Crippen LogP) is -2.54. The van der Waals surface area contributed by atoms with Gasteiger partial charge in [0.15, 0.2) is 5.65 Å². The van der Waals surface area contributed by atoms with E-state index in [4.69, 9.17) is 10.2 Å². The molecular weight excluding hydrogens is 298 g/mol. The fraction of sp³-hybridized carbons (Fsp3) is 0.643. The van der Waals surface area contributed by atoms with Gasteiger partial charge in [-0.15, -0.1) is 0 Å². The number of hydrogen-bond donors (Lipinski definition) is 4. The molecule has 126 valence electrons. The largest absolute Gasteiger partial charge is 0.395 e. The van der Waals surface area contributed by atoms with Gasteiger partial charge in [-0.1, -0.05) is 0 Å². The summed E-state index contributed by atoms with van der Waals surface area (Å²) in [5.41, 5.74) is 0.778. The van der Waals surface area contributed by atoms with Crippen LogP contribution in [0.25, 0.3) is 11.0 Å². The van der Waals surface area contributed by atoms with Gasteiger partial charge in [0.2, 0.25) is 5.95 Å². The van der Waals surface area contributed by atoms with Crippen LogP contribution < -0.4 is 15.1 Å². The molecule has 0 unspecified atom stereocenters. The van der Waals surface area contributed by atoms with E-state index in [-0.39, 0.29) is 13.2 Å². The van der Waals surface area contributed by atoms with E-state index in [2.05, 4.69) is 25.3 Å². The number of aliphatic hydroxyl groups is 2. The van der Waals surface area contributed by atoms with Gasteiger partial charge < -0.3 is 25.3 Å². The fourth-order valence-corrected chi connectivity index (χ4v) is 2.89. The molecule has 23 heavy (non-hydrogen) atoms. The Labute approximate surface area is 134 Å². The Balaban J connectivity index is 1.84. The van der Waals surface area contributed by atoms with Gasteiger partial charge in [0, 0.05) is 13.6 Å². The van der Waals surface area contributed by atoms with E-state index < -0.39 is 0 Å². The molecule has 4 N–H and O–H groups in total. The number of nitrogens with one attached hydrogen (secondary N) is 2. The van der Waals surface area contributed by atoms with E-state index >= 15 is 0 Å². The summed E-state index contributed by atoms with van der Waals surface area (Å²) in [4.78, 5) is 12.8. The minimum atomic E-state index is 0.0459. The molecule has 0 aromatic carbocycles. The molecule has 2 aromatic heterocycles. The predicted molar refractivity (Wildman–Crippen MR) is 86.7 cm³/mol. The first-order chi connectivity index (χ1) is 11.2. The third-order valence-electron chi connectivity index (χ3n) is 4.20. The minimum Gasteiger partial charge on any atom is -0.395 e. The molecule has 9 nitrogen and oxygen atoms in total. The van der Waals surface area contributed by atoms with Gasteiger partial charge in [0.05, 0.1) is 51.0 Å². The van der Waals surface area contributed by atoms with Crippen molar-refractivity contribution in [3.63, 3.8) is 0 Å². The van der Waals surface area contributed by atoms with Crippen molar-refractivity contribution < 1.29 is 15.1 Å². The first-order valence-corrected chi connectivity index (χ1v) is 7.96. The van der Waals surface area contributed by atoms with E-state index in [1.807, 2.05) is 7.05 Å². The topological polar surface area (TPSA) is 104 Å². The van der Waals surface area contributed by atoms with E-state index in [0.717, 1.165) is 43.8 Å².